The van der Waals surface area contributed by atoms with Crippen molar-refractivity contribution in [2.24, 2.45) is 5.73 Å². The predicted molar refractivity (Wildman–Crippen MR) is 67.7 cm³/mol. The Labute approximate surface area is 104 Å². The van der Waals surface area contributed by atoms with Crippen molar-refractivity contribution in [1.82, 2.24) is 10.4 Å². The minimum Gasteiger partial charge on any atom is -0.350 e. The van der Waals surface area contributed by atoms with E-state index in [0.717, 1.165) is 16.9 Å². The second-order valence-corrected chi connectivity index (χ2v) is 4.05. The van der Waals surface area contributed by atoms with E-state index < -0.39 is 6.03 Å². The lowest BCUT2D eigenvalue weighted by molar-refractivity contribution is 0.251. The summed E-state index contributed by atoms with van der Waals surface area (Å²) in [6, 6.07) is 12.6. The Morgan fingerprint density at radius 1 is 1.22 bits per heavy atom. The number of hydrogen-bond acceptors (Lipinski definition) is 3. The maximum atomic E-state index is 11.4. The third-order valence-electron chi connectivity index (χ3n) is 2.95. The van der Waals surface area contributed by atoms with Crippen molar-refractivity contribution in [2.75, 3.05) is 5.01 Å². The van der Waals surface area contributed by atoms with Gasteiger partial charge in [0.25, 0.3) is 0 Å². The van der Waals surface area contributed by atoms with Crippen molar-refractivity contribution < 1.29 is 4.79 Å². The second kappa shape index (κ2) is 4.12. The lowest BCUT2D eigenvalue weighted by Crippen LogP contribution is -2.43. The van der Waals surface area contributed by atoms with E-state index in [-0.39, 0.29) is 6.04 Å². The van der Waals surface area contributed by atoms with Crippen molar-refractivity contribution in [1.29, 1.82) is 0 Å². The molecule has 0 radical (unpaired) electrons. The van der Waals surface area contributed by atoms with Gasteiger partial charge in [0.15, 0.2) is 0 Å². The molecule has 0 saturated heterocycles. The molecular formula is C13H12N4O. The van der Waals surface area contributed by atoms with Crippen LogP contribution in [0.5, 0.6) is 0 Å². The van der Waals surface area contributed by atoms with Crippen LogP contribution in [0, 0.1) is 0 Å². The molecule has 5 nitrogen and oxygen atoms in total. The number of primary amides is 1. The molecule has 2 heterocycles. The molecule has 18 heavy (non-hydrogen) atoms. The number of nitrogens with one attached hydrogen (secondary N) is 1. The number of carbonyl (C=O) groups is 1. The molecule has 1 atom stereocenters. The van der Waals surface area contributed by atoms with Gasteiger partial charge in [-0.15, -0.1) is 0 Å². The number of hydrogen-bond donors (Lipinski definition) is 2. The molecule has 1 aliphatic heterocycles. The summed E-state index contributed by atoms with van der Waals surface area (Å²) in [5.41, 5.74) is 11.1. The van der Waals surface area contributed by atoms with Gasteiger partial charge in [0.05, 0.1) is 17.4 Å². The summed E-state index contributed by atoms with van der Waals surface area (Å²) >= 11 is 0. The molecule has 0 saturated carbocycles. The zero-order valence-electron chi connectivity index (χ0n) is 9.58. The fraction of sp³-hybridized carbons (Fsp3) is 0.0769. The smallest absolute Gasteiger partial charge is 0.333 e. The van der Waals surface area contributed by atoms with Crippen LogP contribution in [-0.4, -0.2) is 11.0 Å². The van der Waals surface area contributed by atoms with Crippen LogP contribution in [0.3, 0.4) is 0 Å². The molecule has 0 fully saturated rings. The van der Waals surface area contributed by atoms with Crippen molar-refractivity contribution in [2.45, 2.75) is 6.04 Å². The number of urea groups is 1. The van der Waals surface area contributed by atoms with E-state index in [4.69, 9.17) is 5.73 Å². The molecular weight excluding hydrogens is 228 g/mol. The monoisotopic (exact) mass is 240 g/mol. The molecule has 5 heteroatoms. The predicted octanol–water partition coefficient (Wildman–Crippen LogP) is 1.57. The van der Waals surface area contributed by atoms with Crippen LogP contribution in [0.2, 0.25) is 0 Å². The standard InChI is InChI=1S/C13H12N4O/c14-13(18)17-11-7-2-1-5-9(11)12(16-17)10-6-3-4-8-15-10/h1-8,12,16H,(H2,14,18). The van der Waals surface area contributed by atoms with Crippen molar-refractivity contribution in [3.63, 3.8) is 0 Å². The number of amides is 2. The summed E-state index contributed by atoms with van der Waals surface area (Å²) in [6.07, 6.45) is 1.73. The van der Waals surface area contributed by atoms with Gasteiger partial charge in [-0.05, 0) is 18.2 Å². The fourth-order valence-electron chi connectivity index (χ4n) is 2.16. The quantitative estimate of drug-likeness (QED) is 0.794. The molecule has 3 N–H and O–H groups in total. The van der Waals surface area contributed by atoms with Gasteiger partial charge in [-0.3, -0.25) is 4.98 Å². The van der Waals surface area contributed by atoms with Gasteiger partial charge in [0.2, 0.25) is 0 Å². The first kappa shape index (κ1) is 10.7. The molecule has 1 aliphatic rings. The fourth-order valence-corrected chi connectivity index (χ4v) is 2.16. The third kappa shape index (κ3) is 1.61. The molecule has 1 aromatic heterocycles. The highest BCUT2D eigenvalue weighted by Crippen LogP contribution is 2.35. The number of rotatable bonds is 1. The second-order valence-electron chi connectivity index (χ2n) is 4.05. The number of hydrazine groups is 1. The molecule has 0 spiro atoms. The average Bonchev–Trinajstić information content (AvgIpc) is 2.79. The Hall–Kier alpha value is -2.40. The van der Waals surface area contributed by atoms with Crippen LogP contribution in [0.15, 0.2) is 48.7 Å². The Bertz CT molecular complexity index is 585. The van der Waals surface area contributed by atoms with Crippen LogP contribution in [0.1, 0.15) is 17.3 Å². The molecule has 2 aromatic rings. The number of pyridine rings is 1. The van der Waals surface area contributed by atoms with Gasteiger partial charge in [0.1, 0.15) is 0 Å². The van der Waals surface area contributed by atoms with E-state index in [1.807, 2.05) is 42.5 Å². The van der Waals surface area contributed by atoms with E-state index in [0.29, 0.717) is 0 Å². The topological polar surface area (TPSA) is 71.2 Å². The lowest BCUT2D eigenvalue weighted by Gasteiger charge is -2.15. The normalized spacial score (nSPS) is 17.6. The molecule has 1 unspecified atom stereocenters. The maximum absolute atomic E-state index is 11.4. The van der Waals surface area contributed by atoms with Gasteiger partial charge < -0.3 is 5.73 Å². The number of aromatic nitrogens is 1. The molecule has 3 rings (SSSR count). The van der Waals surface area contributed by atoms with Crippen molar-refractivity contribution >= 4 is 11.7 Å². The van der Waals surface area contributed by atoms with Gasteiger partial charge in [-0.1, -0.05) is 24.3 Å². The number of anilines is 1. The van der Waals surface area contributed by atoms with Crippen molar-refractivity contribution in [3.05, 3.63) is 59.9 Å². The average molecular weight is 240 g/mol. The van der Waals surface area contributed by atoms with Gasteiger partial charge in [-0.2, -0.15) is 0 Å². The zero-order valence-corrected chi connectivity index (χ0v) is 9.58. The molecule has 1 aromatic carbocycles. The summed E-state index contributed by atoms with van der Waals surface area (Å²) in [4.78, 5) is 15.7. The summed E-state index contributed by atoms with van der Waals surface area (Å²) in [6.45, 7) is 0. The van der Waals surface area contributed by atoms with E-state index in [9.17, 15) is 4.79 Å². The molecule has 0 aliphatic carbocycles. The van der Waals surface area contributed by atoms with E-state index in [1.54, 1.807) is 6.20 Å². The summed E-state index contributed by atoms with van der Waals surface area (Å²) in [5.74, 6) is 0. The Morgan fingerprint density at radius 2 is 2.00 bits per heavy atom. The number of para-hydroxylation sites is 1. The highest BCUT2D eigenvalue weighted by Gasteiger charge is 2.32. The first-order chi connectivity index (χ1) is 8.77. The Morgan fingerprint density at radius 3 is 2.72 bits per heavy atom. The Kier molecular flexibility index (Phi) is 2.46. The highest BCUT2D eigenvalue weighted by molar-refractivity contribution is 5.92. The SMILES string of the molecule is NC(=O)N1NC(c2ccccn2)c2ccccc21. The first-order valence-electron chi connectivity index (χ1n) is 5.63. The van der Waals surface area contributed by atoms with Crippen LogP contribution >= 0.6 is 0 Å². The molecule has 90 valence electrons. The van der Waals surface area contributed by atoms with Gasteiger partial charge >= 0.3 is 6.03 Å². The number of benzene rings is 1. The minimum atomic E-state index is -0.527. The summed E-state index contributed by atoms with van der Waals surface area (Å²) in [7, 11) is 0. The van der Waals surface area contributed by atoms with E-state index >= 15 is 0 Å². The molecule has 0 bridgehead atoms. The zero-order chi connectivity index (χ0) is 12.5. The van der Waals surface area contributed by atoms with Gasteiger partial charge in [0, 0.05) is 11.8 Å². The van der Waals surface area contributed by atoms with E-state index in [1.165, 1.54) is 5.01 Å². The van der Waals surface area contributed by atoms with Crippen LogP contribution < -0.4 is 16.2 Å². The number of carbonyl (C=O) groups excluding carboxylic acids is 1. The largest absolute Gasteiger partial charge is 0.350 e. The number of nitrogens with zero attached hydrogens (tertiary/aromatic N) is 2. The highest BCUT2D eigenvalue weighted by atomic mass is 16.2. The third-order valence-corrected chi connectivity index (χ3v) is 2.95. The van der Waals surface area contributed by atoms with Gasteiger partial charge in [-0.25, -0.2) is 15.2 Å². The Balaban J connectivity index is 2.08. The van der Waals surface area contributed by atoms with Crippen LogP contribution in [0.4, 0.5) is 10.5 Å². The summed E-state index contributed by atoms with van der Waals surface area (Å²) in [5, 5.41) is 1.36. The van der Waals surface area contributed by atoms with E-state index in [2.05, 4.69) is 10.4 Å². The van der Waals surface area contributed by atoms with Crippen LogP contribution in [0.25, 0.3) is 0 Å². The number of fused-ring (bicyclic) bond motifs is 1. The molecule has 2 amide bonds. The summed E-state index contributed by atoms with van der Waals surface area (Å²) < 4.78 is 0. The maximum Gasteiger partial charge on any atom is 0.333 e. The minimum absolute atomic E-state index is 0.144. The van der Waals surface area contributed by atoms with Crippen LogP contribution in [-0.2, 0) is 0 Å². The van der Waals surface area contributed by atoms with Crippen molar-refractivity contribution in [3.8, 4) is 0 Å². The lowest BCUT2D eigenvalue weighted by atomic mass is 10.0. The first-order valence-corrected chi connectivity index (χ1v) is 5.63. The number of nitrogens with two attached hydrogens (primary N) is 1.